The van der Waals surface area contributed by atoms with Crippen LogP contribution in [0.3, 0.4) is 0 Å². The number of aromatic nitrogens is 1. The summed E-state index contributed by atoms with van der Waals surface area (Å²) < 4.78 is 0. The zero-order valence-corrected chi connectivity index (χ0v) is 10.1. The second-order valence-corrected chi connectivity index (χ2v) is 4.12. The number of H-pyrrole nitrogens is 1. The molecular formula is C13H14N2O4. The van der Waals surface area contributed by atoms with Gasteiger partial charge in [-0.2, -0.15) is 0 Å². The number of aliphatic hydroxyl groups is 1. The van der Waals surface area contributed by atoms with Crippen molar-refractivity contribution < 1.29 is 19.8 Å². The predicted molar refractivity (Wildman–Crippen MR) is 68.9 cm³/mol. The molecule has 1 heterocycles. The van der Waals surface area contributed by atoms with Crippen LogP contribution in [0, 0.1) is 0 Å². The Kier molecular flexibility index (Phi) is 3.82. The Morgan fingerprint density at radius 1 is 1.32 bits per heavy atom. The highest BCUT2D eigenvalue weighted by atomic mass is 16.4. The number of rotatable bonds is 5. The molecular weight excluding hydrogens is 248 g/mol. The molecule has 2 rings (SSSR count). The number of hydrogen-bond donors (Lipinski definition) is 4. The topological polar surface area (TPSA) is 102 Å². The van der Waals surface area contributed by atoms with Crippen LogP contribution in [0.25, 0.3) is 10.9 Å². The number of nitrogens with one attached hydrogen (secondary N) is 2. The maximum absolute atomic E-state index is 12.1. The average molecular weight is 262 g/mol. The summed E-state index contributed by atoms with van der Waals surface area (Å²) >= 11 is 0. The lowest BCUT2D eigenvalue weighted by Gasteiger charge is -2.13. The Balaban J connectivity index is 2.24. The van der Waals surface area contributed by atoms with Crippen LogP contribution < -0.4 is 5.32 Å². The number of hydrogen-bond acceptors (Lipinski definition) is 3. The number of carboxylic acid groups (broad SMARTS) is 1. The van der Waals surface area contributed by atoms with Crippen LogP contribution >= 0.6 is 0 Å². The average Bonchev–Trinajstić information content (AvgIpc) is 2.85. The zero-order chi connectivity index (χ0) is 13.8. The van der Waals surface area contributed by atoms with Gasteiger partial charge in [-0.1, -0.05) is 6.07 Å². The Morgan fingerprint density at radius 2 is 2.11 bits per heavy atom. The molecule has 1 atom stereocenters. The van der Waals surface area contributed by atoms with E-state index in [9.17, 15) is 9.59 Å². The maximum atomic E-state index is 12.1. The number of carbonyl (C=O) groups is 2. The van der Waals surface area contributed by atoms with Gasteiger partial charge in [0.1, 0.15) is 6.04 Å². The van der Waals surface area contributed by atoms with Gasteiger partial charge in [-0.15, -0.1) is 0 Å². The first-order valence-electron chi connectivity index (χ1n) is 5.84. The monoisotopic (exact) mass is 262 g/mol. The van der Waals surface area contributed by atoms with Crippen LogP contribution in [0.15, 0.2) is 30.5 Å². The highest BCUT2D eigenvalue weighted by Gasteiger charge is 2.21. The number of carboxylic acids is 1. The van der Waals surface area contributed by atoms with Gasteiger partial charge in [-0.05, 0) is 18.2 Å². The van der Waals surface area contributed by atoms with Crippen LogP contribution in [0.2, 0.25) is 0 Å². The van der Waals surface area contributed by atoms with E-state index in [2.05, 4.69) is 10.3 Å². The molecule has 0 aliphatic rings. The highest BCUT2D eigenvalue weighted by molar-refractivity contribution is 6.07. The second-order valence-electron chi connectivity index (χ2n) is 4.12. The van der Waals surface area contributed by atoms with Crippen molar-refractivity contribution >= 4 is 22.8 Å². The number of amides is 1. The van der Waals surface area contributed by atoms with E-state index >= 15 is 0 Å². The third kappa shape index (κ3) is 2.74. The Hall–Kier alpha value is -2.34. The molecule has 0 fully saturated rings. The maximum Gasteiger partial charge on any atom is 0.326 e. The van der Waals surface area contributed by atoms with Gasteiger partial charge >= 0.3 is 5.97 Å². The molecule has 0 bridgehead atoms. The first-order chi connectivity index (χ1) is 9.13. The molecule has 0 radical (unpaired) electrons. The summed E-state index contributed by atoms with van der Waals surface area (Å²) in [5, 5.41) is 20.9. The molecule has 0 unspecified atom stereocenters. The quantitative estimate of drug-likeness (QED) is 0.638. The van der Waals surface area contributed by atoms with Crippen molar-refractivity contribution in [2.45, 2.75) is 12.5 Å². The van der Waals surface area contributed by atoms with E-state index in [1.165, 1.54) is 0 Å². The minimum Gasteiger partial charge on any atom is -0.480 e. The van der Waals surface area contributed by atoms with Crippen molar-refractivity contribution in [3.05, 3.63) is 36.0 Å². The predicted octanol–water partition coefficient (Wildman–Crippen LogP) is 0.733. The highest BCUT2D eigenvalue weighted by Crippen LogP contribution is 2.17. The molecule has 4 N–H and O–H groups in total. The first kappa shape index (κ1) is 13.1. The fraction of sp³-hybridized carbons (Fsp3) is 0.231. The molecule has 0 saturated carbocycles. The van der Waals surface area contributed by atoms with Gasteiger partial charge in [0.2, 0.25) is 0 Å². The van der Waals surface area contributed by atoms with Gasteiger partial charge in [-0.25, -0.2) is 4.79 Å². The van der Waals surface area contributed by atoms with E-state index in [0.29, 0.717) is 5.56 Å². The molecule has 19 heavy (non-hydrogen) atoms. The number of aliphatic hydroxyl groups excluding tert-OH is 1. The molecule has 0 aliphatic carbocycles. The summed E-state index contributed by atoms with van der Waals surface area (Å²) in [6.45, 7) is -0.300. The van der Waals surface area contributed by atoms with Gasteiger partial charge < -0.3 is 20.5 Å². The Labute approximate surface area is 109 Å². The van der Waals surface area contributed by atoms with E-state index in [0.717, 1.165) is 10.9 Å². The lowest BCUT2D eigenvalue weighted by molar-refractivity contribution is -0.139. The molecule has 1 amide bonds. The lowest BCUT2D eigenvalue weighted by Crippen LogP contribution is -2.41. The number of aromatic amines is 1. The summed E-state index contributed by atoms with van der Waals surface area (Å²) in [6, 6.07) is 5.84. The molecule has 0 aliphatic heterocycles. The minimum atomic E-state index is -1.16. The fourth-order valence-electron chi connectivity index (χ4n) is 1.91. The third-order valence-electron chi connectivity index (χ3n) is 2.86. The van der Waals surface area contributed by atoms with E-state index in [4.69, 9.17) is 10.2 Å². The van der Waals surface area contributed by atoms with Crippen molar-refractivity contribution in [3.8, 4) is 0 Å². The minimum absolute atomic E-state index is 0.0236. The zero-order valence-electron chi connectivity index (χ0n) is 10.1. The number of fused-ring (bicyclic) bond motifs is 1. The van der Waals surface area contributed by atoms with Crippen molar-refractivity contribution in [1.82, 2.24) is 10.3 Å². The van der Waals surface area contributed by atoms with Crippen LogP contribution in [0.5, 0.6) is 0 Å². The molecule has 6 nitrogen and oxygen atoms in total. The van der Waals surface area contributed by atoms with Crippen molar-refractivity contribution in [2.75, 3.05) is 6.61 Å². The number of carbonyl (C=O) groups excluding carboxylic acids is 1. The van der Waals surface area contributed by atoms with Gasteiger partial charge in [0.15, 0.2) is 0 Å². The van der Waals surface area contributed by atoms with Gasteiger partial charge in [0, 0.05) is 35.7 Å². The summed E-state index contributed by atoms with van der Waals surface area (Å²) in [6.07, 6.45) is 1.69. The molecule has 6 heteroatoms. The normalized spacial score (nSPS) is 12.3. The first-order valence-corrected chi connectivity index (χ1v) is 5.84. The molecule has 0 spiro atoms. The molecule has 2 aromatic rings. The van der Waals surface area contributed by atoms with Crippen molar-refractivity contribution in [1.29, 1.82) is 0 Å². The van der Waals surface area contributed by atoms with Crippen LogP contribution in [0.1, 0.15) is 16.8 Å². The number of aliphatic carboxylic acids is 1. The van der Waals surface area contributed by atoms with Gasteiger partial charge in [-0.3, -0.25) is 4.79 Å². The third-order valence-corrected chi connectivity index (χ3v) is 2.86. The van der Waals surface area contributed by atoms with E-state index in [1.54, 1.807) is 24.4 Å². The molecule has 100 valence electrons. The summed E-state index contributed by atoms with van der Waals surface area (Å²) in [5.74, 6) is -1.63. The molecule has 1 aromatic heterocycles. The van der Waals surface area contributed by atoms with Gasteiger partial charge in [0.25, 0.3) is 5.91 Å². The standard InChI is InChI=1S/C13H14N2O4/c16-7-5-11(13(18)19)15-12(17)9-2-1-3-10-8(9)4-6-14-10/h1-4,6,11,14,16H,5,7H2,(H,15,17)(H,18,19)/t11-/m0/s1. The largest absolute Gasteiger partial charge is 0.480 e. The molecule has 1 aromatic carbocycles. The Morgan fingerprint density at radius 3 is 2.79 bits per heavy atom. The smallest absolute Gasteiger partial charge is 0.326 e. The lowest BCUT2D eigenvalue weighted by atomic mass is 10.1. The van der Waals surface area contributed by atoms with E-state index in [1.807, 2.05) is 6.07 Å². The summed E-state index contributed by atoms with van der Waals surface area (Å²) in [7, 11) is 0. The van der Waals surface area contributed by atoms with Crippen molar-refractivity contribution in [3.63, 3.8) is 0 Å². The second kappa shape index (κ2) is 5.53. The van der Waals surface area contributed by atoms with Crippen molar-refractivity contribution in [2.24, 2.45) is 0 Å². The van der Waals surface area contributed by atoms with E-state index < -0.39 is 17.9 Å². The summed E-state index contributed by atoms with van der Waals surface area (Å²) in [5.41, 5.74) is 1.21. The summed E-state index contributed by atoms with van der Waals surface area (Å²) in [4.78, 5) is 26.0. The Bertz CT molecular complexity index is 605. The van der Waals surface area contributed by atoms with Gasteiger partial charge in [0.05, 0.1) is 0 Å². The fourth-order valence-corrected chi connectivity index (χ4v) is 1.91. The van der Waals surface area contributed by atoms with Crippen LogP contribution in [-0.4, -0.2) is 39.7 Å². The van der Waals surface area contributed by atoms with Crippen LogP contribution in [-0.2, 0) is 4.79 Å². The number of benzene rings is 1. The SMILES string of the molecule is O=C(N[C@@H](CCO)C(=O)O)c1cccc2[nH]ccc12. The van der Waals surface area contributed by atoms with Crippen LogP contribution in [0.4, 0.5) is 0 Å². The van der Waals surface area contributed by atoms with E-state index in [-0.39, 0.29) is 13.0 Å². The molecule has 0 saturated heterocycles.